The van der Waals surface area contributed by atoms with E-state index >= 15 is 0 Å². The number of amides is 2. The summed E-state index contributed by atoms with van der Waals surface area (Å²) in [5, 5.41) is 0. The predicted octanol–water partition coefficient (Wildman–Crippen LogP) is 2.28. The first kappa shape index (κ1) is 15.3. The zero-order valence-corrected chi connectivity index (χ0v) is 13.4. The molecule has 2 heterocycles. The Morgan fingerprint density at radius 3 is 2.35 bits per heavy atom. The summed E-state index contributed by atoms with van der Waals surface area (Å²) in [6, 6.07) is -0.337. The molecule has 2 amide bonds. The topological polar surface area (TPSA) is 40.6 Å². The van der Waals surface area contributed by atoms with Crippen molar-refractivity contribution in [3.05, 3.63) is 0 Å². The van der Waals surface area contributed by atoms with Gasteiger partial charge in [-0.2, -0.15) is 0 Å². The van der Waals surface area contributed by atoms with Crippen molar-refractivity contribution in [1.29, 1.82) is 0 Å². The second-order valence-electron chi connectivity index (χ2n) is 6.75. The fraction of sp³-hybridized carbons (Fsp3) is 0.875. The zero-order chi connectivity index (χ0) is 15.0. The van der Waals surface area contributed by atoms with Gasteiger partial charge in [-0.15, -0.1) is 0 Å². The fourth-order valence-corrected chi connectivity index (χ4v) is 3.56. The highest BCUT2D eigenvalue weighted by atomic mass is 16.2. The molecule has 2 aliphatic rings. The number of hydrogen-bond donors (Lipinski definition) is 0. The maximum Gasteiger partial charge on any atom is 0.246 e. The number of piperazine rings is 1. The van der Waals surface area contributed by atoms with Gasteiger partial charge in [0.15, 0.2) is 0 Å². The highest BCUT2D eigenvalue weighted by Crippen LogP contribution is 2.32. The lowest BCUT2D eigenvalue weighted by atomic mass is 9.90. The zero-order valence-electron chi connectivity index (χ0n) is 13.4. The molecule has 0 radical (unpaired) electrons. The van der Waals surface area contributed by atoms with Crippen LogP contribution in [0.15, 0.2) is 0 Å². The summed E-state index contributed by atoms with van der Waals surface area (Å²) in [6.45, 7) is 11.2. The van der Waals surface area contributed by atoms with Crippen LogP contribution in [0.5, 0.6) is 0 Å². The van der Waals surface area contributed by atoms with Gasteiger partial charge in [-0.05, 0) is 31.6 Å². The number of fused-ring (bicyclic) bond motifs is 1. The van der Waals surface area contributed by atoms with E-state index in [0.29, 0.717) is 5.92 Å². The van der Waals surface area contributed by atoms with E-state index in [1.807, 2.05) is 23.6 Å². The third kappa shape index (κ3) is 2.33. The minimum Gasteiger partial charge on any atom is -0.329 e. The van der Waals surface area contributed by atoms with Crippen LogP contribution in [-0.4, -0.2) is 46.3 Å². The van der Waals surface area contributed by atoms with Gasteiger partial charge < -0.3 is 9.80 Å². The van der Waals surface area contributed by atoms with Gasteiger partial charge in [0.1, 0.15) is 12.1 Å². The first-order valence-electron chi connectivity index (χ1n) is 8.02. The molecule has 0 aromatic heterocycles. The molecule has 2 aliphatic heterocycles. The Kier molecular flexibility index (Phi) is 4.40. The van der Waals surface area contributed by atoms with E-state index in [2.05, 4.69) is 20.8 Å². The highest BCUT2D eigenvalue weighted by Gasteiger charge is 2.50. The number of carbonyl (C=O) groups is 2. The van der Waals surface area contributed by atoms with Crippen LogP contribution in [0.1, 0.15) is 53.9 Å². The second-order valence-corrected chi connectivity index (χ2v) is 6.75. The first-order chi connectivity index (χ1) is 9.40. The SMILES string of the molecule is CCC(C)C(C)N1C(=O)C2CCCN2C(=O)C1C(C)C. The van der Waals surface area contributed by atoms with E-state index in [-0.39, 0.29) is 35.9 Å². The Morgan fingerprint density at radius 2 is 1.80 bits per heavy atom. The maximum atomic E-state index is 12.9. The molecule has 0 aromatic rings. The lowest BCUT2D eigenvalue weighted by Crippen LogP contribution is -2.66. The average Bonchev–Trinajstić information content (AvgIpc) is 2.90. The average molecular weight is 280 g/mol. The first-order valence-corrected chi connectivity index (χ1v) is 8.02. The highest BCUT2D eigenvalue weighted by molar-refractivity contribution is 5.97. The summed E-state index contributed by atoms with van der Waals surface area (Å²) >= 11 is 0. The summed E-state index contributed by atoms with van der Waals surface area (Å²) in [7, 11) is 0. The summed E-state index contributed by atoms with van der Waals surface area (Å²) < 4.78 is 0. The smallest absolute Gasteiger partial charge is 0.246 e. The molecule has 4 nitrogen and oxygen atoms in total. The maximum absolute atomic E-state index is 12.9. The molecule has 114 valence electrons. The summed E-state index contributed by atoms with van der Waals surface area (Å²) in [6.07, 6.45) is 2.82. The van der Waals surface area contributed by atoms with Crippen molar-refractivity contribution in [2.75, 3.05) is 6.54 Å². The van der Waals surface area contributed by atoms with Gasteiger partial charge in [-0.1, -0.05) is 34.1 Å². The van der Waals surface area contributed by atoms with E-state index < -0.39 is 0 Å². The molecule has 4 unspecified atom stereocenters. The minimum absolute atomic E-state index is 0.131. The normalized spacial score (nSPS) is 29.9. The van der Waals surface area contributed by atoms with Crippen LogP contribution in [0.25, 0.3) is 0 Å². The van der Waals surface area contributed by atoms with Crippen molar-refractivity contribution in [2.45, 2.75) is 72.0 Å². The molecule has 0 saturated carbocycles. The number of hydrogen-bond acceptors (Lipinski definition) is 2. The van der Waals surface area contributed by atoms with Crippen LogP contribution in [-0.2, 0) is 9.59 Å². The van der Waals surface area contributed by atoms with Gasteiger partial charge in [0.05, 0.1) is 0 Å². The van der Waals surface area contributed by atoms with Crippen molar-refractivity contribution in [2.24, 2.45) is 11.8 Å². The molecule has 2 saturated heterocycles. The summed E-state index contributed by atoms with van der Waals surface area (Å²) in [5.74, 6) is 0.923. The summed E-state index contributed by atoms with van der Waals surface area (Å²) in [5.41, 5.74) is 0. The lowest BCUT2D eigenvalue weighted by Gasteiger charge is -2.48. The third-order valence-corrected chi connectivity index (χ3v) is 5.17. The molecule has 0 aromatic carbocycles. The van der Waals surface area contributed by atoms with E-state index in [1.54, 1.807) is 0 Å². The molecular weight excluding hydrogens is 252 g/mol. The number of carbonyl (C=O) groups excluding carboxylic acids is 2. The van der Waals surface area contributed by atoms with Gasteiger partial charge in [0, 0.05) is 12.6 Å². The molecular formula is C16H28N2O2. The summed E-state index contributed by atoms with van der Waals surface area (Å²) in [4.78, 5) is 29.3. The number of rotatable bonds is 4. The monoisotopic (exact) mass is 280 g/mol. The molecule has 2 fully saturated rings. The lowest BCUT2D eigenvalue weighted by molar-refractivity contribution is -0.165. The van der Waals surface area contributed by atoms with E-state index in [9.17, 15) is 9.59 Å². The van der Waals surface area contributed by atoms with Crippen molar-refractivity contribution < 1.29 is 9.59 Å². The molecule has 4 atom stereocenters. The molecule has 4 heteroatoms. The van der Waals surface area contributed by atoms with Crippen molar-refractivity contribution in [1.82, 2.24) is 9.80 Å². The Labute approximate surface area is 122 Å². The van der Waals surface area contributed by atoms with Gasteiger partial charge in [-0.25, -0.2) is 0 Å². The predicted molar refractivity (Wildman–Crippen MR) is 79.1 cm³/mol. The van der Waals surface area contributed by atoms with E-state index in [4.69, 9.17) is 0 Å². The molecule has 2 rings (SSSR count). The van der Waals surface area contributed by atoms with Crippen molar-refractivity contribution in [3.63, 3.8) is 0 Å². The van der Waals surface area contributed by atoms with Crippen LogP contribution in [0.2, 0.25) is 0 Å². The second kappa shape index (κ2) is 5.74. The standard InChI is InChI=1S/C16H28N2O2/c1-6-11(4)12(5)18-14(10(2)3)16(20)17-9-7-8-13(17)15(18)19/h10-14H,6-9H2,1-5H3. The van der Waals surface area contributed by atoms with Gasteiger partial charge >= 0.3 is 0 Å². The molecule has 0 N–H and O–H groups in total. The van der Waals surface area contributed by atoms with E-state index in [1.165, 1.54) is 0 Å². The minimum atomic E-state index is -0.277. The van der Waals surface area contributed by atoms with E-state index in [0.717, 1.165) is 25.8 Å². The Morgan fingerprint density at radius 1 is 1.15 bits per heavy atom. The van der Waals surface area contributed by atoms with Crippen molar-refractivity contribution >= 4 is 11.8 Å². The number of nitrogens with zero attached hydrogens (tertiary/aromatic N) is 2. The van der Waals surface area contributed by atoms with Crippen LogP contribution < -0.4 is 0 Å². The largest absolute Gasteiger partial charge is 0.329 e. The molecule has 0 spiro atoms. The molecule has 20 heavy (non-hydrogen) atoms. The van der Waals surface area contributed by atoms with Crippen LogP contribution >= 0.6 is 0 Å². The van der Waals surface area contributed by atoms with Gasteiger partial charge in [0.2, 0.25) is 11.8 Å². The quantitative estimate of drug-likeness (QED) is 0.792. The van der Waals surface area contributed by atoms with Crippen LogP contribution in [0.4, 0.5) is 0 Å². The third-order valence-electron chi connectivity index (χ3n) is 5.17. The Balaban J connectivity index is 2.34. The van der Waals surface area contributed by atoms with Crippen molar-refractivity contribution in [3.8, 4) is 0 Å². The molecule has 0 bridgehead atoms. The Hall–Kier alpha value is -1.06. The van der Waals surface area contributed by atoms with Crippen LogP contribution in [0, 0.1) is 11.8 Å². The Bertz CT molecular complexity index is 394. The van der Waals surface area contributed by atoms with Gasteiger partial charge in [-0.3, -0.25) is 9.59 Å². The van der Waals surface area contributed by atoms with Crippen LogP contribution in [0.3, 0.4) is 0 Å². The fourth-order valence-electron chi connectivity index (χ4n) is 3.56. The molecule has 0 aliphatic carbocycles. The van der Waals surface area contributed by atoms with Gasteiger partial charge in [0.25, 0.3) is 0 Å².